The van der Waals surface area contributed by atoms with Crippen molar-refractivity contribution >= 4 is 0 Å². The number of aromatic nitrogens is 2. The summed E-state index contributed by atoms with van der Waals surface area (Å²) in [4.78, 5) is 9.49. The number of rotatable bonds is 6. The quantitative estimate of drug-likeness (QED) is 0.867. The van der Waals surface area contributed by atoms with Gasteiger partial charge in [-0.2, -0.15) is 0 Å². The van der Waals surface area contributed by atoms with Gasteiger partial charge < -0.3 is 10.1 Å². The molecule has 1 aromatic heterocycles. The van der Waals surface area contributed by atoms with Gasteiger partial charge in [-0.05, 0) is 58.4 Å². The van der Waals surface area contributed by atoms with Crippen molar-refractivity contribution in [3.05, 3.63) is 23.3 Å². The molecule has 2 aliphatic carbocycles. The molecule has 1 heterocycles. The monoisotopic (exact) mass is 275 g/mol. The van der Waals surface area contributed by atoms with Gasteiger partial charge in [0.1, 0.15) is 5.60 Å². The minimum atomic E-state index is -0.227. The van der Waals surface area contributed by atoms with Crippen LogP contribution in [0.15, 0.2) is 6.07 Å². The van der Waals surface area contributed by atoms with E-state index in [4.69, 9.17) is 9.72 Å². The lowest BCUT2D eigenvalue weighted by Gasteiger charge is -2.27. The van der Waals surface area contributed by atoms with Gasteiger partial charge in [-0.3, -0.25) is 0 Å². The molecule has 0 aromatic carbocycles. The first kappa shape index (κ1) is 14.0. The highest BCUT2D eigenvalue weighted by Gasteiger charge is 2.39. The number of ether oxygens (including phenoxy) is 1. The van der Waals surface area contributed by atoms with E-state index in [1.54, 1.807) is 0 Å². The molecule has 0 amide bonds. The molecule has 4 heteroatoms. The molecule has 2 aliphatic rings. The molecule has 0 bridgehead atoms. The third kappa shape index (κ3) is 3.01. The predicted octanol–water partition coefficient (Wildman–Crippen LogP) is 2.84. The lowest BCUT2D eigenvalue weighted by molar-refractivity contribution is -0.0459. The zero-order valence-corrected chi connectivity index (χ0v) is 12.6. The molecule has 0 aliphatic heterocycles. The number of aryl methyl sites for hydroxylation is 1. The molecule has 0 spiro atoms. The smallest absolute Gasteiger partial charge is 0.160 e. The van der Waals surface area contributed by atoms with E-state index in [1.807, 2.05) is 0 Å². The van der Waals surface area contributed by atoms with E-state index in [9.17, 15) is 0 Å². The van der Waals surface area contributed by atoms with E-state index in [2.05, 4.69) is 30.2 Å². The first-order chi connectivity index (χ1) is 9.72. The molecule has 0 saturated heterocycles. The van der Waals surface area contributed by atoms with Gasteiger partial charge in [0, 0.05) is 24.9 Å². The normalized spacial score (nSPS) is 21.3. The Morgan fingerprint density at radius 1 is 1.30 bits per heavy atom. The minimum Gasteiger partial charge on any atom is -0.367 e. The zero-order valence-electron chi connectivity index (χ0n) is 12.6. The van der Waals surface area contributed by atoms with Gasteiger partial charge in [0.2, 0.25) is 0 Å². The maximum absolute atomic E-state index is 6.08. The van der Waals surface area contributed by atoms with E-state index >= 15 is 0 Å². The number of hydrogen-bond donors (Lipinski definition) is 1. The SMILES string of the molecule is CCOC1(c2nc(C)cc(CNC3CC3)n2)CCCC1. The van der Waals surface area contributed by atoms with Crippen LogP contribution in [0.2, 0.25) is 0 Å². The lowest BCUT2D eigenvalue weighted by atomic mass is 10.0. The Hall–Kier alpha value is -1.00. The molecule has 110 valence electrons. The third-order valence-corrected chi connectivity index (χ3v) is 4.30. The molecular formula is C16H25N3O. The van der Waals surface area contributed by atoms with Crippen molar-refractivity contribution < 1.29 is 4.74 Å². The minimum absolute atomic E-state index is 0.227. The maximum Gasteiger partial charge on any atom is 0.160 e. The lowest BCUT2D eigenvalue weighted by Crippen LogP contribution is -2.30. The van der Waals surface area contributed by atoms with Crippen molar-refractivity contribution in [1.29, 1.82) is 0 Å². The molecule has 20 heavy (non-hydrogen) atoms. The average Bonchev–Trinajstić information content (AvgIpc) is 3.14. The molecule has 1 aromatic rings. The third-order valence-electron chi connectivity index (χ3n) is 4.30. The Morgan fingerprint density at radius 3 is 2.70 bits per heavy atom. The second-order valence-electron chi connectivity index (χ2n) is 6.11. The summed E-state index contributed by atoms with van der Waals surface area (Å²) in [6, 6.07) is 2.80. The van der Waals surface area contributed by atoms with Crippen molar-refractivity contribution in [2.45, 2.75) is 70.6 Å². The summed E-state index contributed by atoms with van der Waals surface area (Å²) >= 11 is 0. The van der Waals surface area contributed by atoms with Gasteiger partial charge in [-0.1, -0.05) is 0 Å². The summed E-state index contributed by atoms with van der Waals surface area (Å²) in [7, 11) is 0. The Kier molecular flexibility index (Phi) is 4.03. The molecule has 0 unspecified atom stereocenters. The van der Waals surface area contributed by atoms with E-state index < -0.39 is 0 Å². The summed E-state index contributed by atoms with van der Waals surface area (Å²) in [5.74, 6) is 0.907. The second-order valence-corrected chi connectivity index (χ2v) is 6.11. The van der Waals surface area contributed by atoms with Crippen molar-refractivity contribution in [3.8, 4) is 0 Å². The van der Waals surface area contributed by atoms with E-state index in [0.29, 0.717) is 6.04 Å². The molecule has 0 radical (unpaired) electrons. The Bertz CT molecular complexity index is 465. The highest BCUT2D eigenvalue weighted by Crippen LogP contribution is 2.40. The largest absolute Gasteiger partial charge is 0.367 e. The topological polar surface area (TPSA) is 47.0 Å². The van der Waals surface area contributed by atoms with Crippen LogP contribution in [0, 0.1) is 6.92 Å². The summed E-state index contributed by atoms with van der Waals surface area (Å²) in [5, 5.41) is 3.53. The van der Waals surface area contributed by atoms with E-state index in [0.717, 1.165) is 43.2 Å². The van der Waals surface area contributed by atoms with Gasteiger partial charge in [-0.25, -0.2) is 9.97 Å². The standard InChI is InChI=1S/C16H25N3O/c1-3-20-16(8-4-5-9-16)15-18-12(2)10-14(19-15)11-17-13-6-7-13/h10,13,17H,3-9,11H2,1-2H3. The van der Waals surface area contributed by atoms with Crippen LogP contribution in [0.3, 0.4) is 0 Å². The van der Waals surface area contributed by atoms with Crippen LogP contribution in [0.1, 0.15) is 62.7 Å². The molecule has 2 fully saturated rings. The summed E-state index contributed by atoms with van der Waals surface area (Å²) < 4.78 is 6.08. The Balaban J connectivity index is 1.82. The van der Waals surface area contributed by atoms with Crippen LogP contribution in [-0.4, -0.2) is 22.6 Å². The van der Waals surface area contributed by atoms with Gasteiger partial charge in [0.25, 0.3) is 0 Å². The second kappa shape index (κ2) is 5.78. The van der Waals surface area contributed by atoms with Gasteiger partial charge in [0.05, 0.1) is 5.69 Å². The molecule has 2 saturated carbocycles. The van der Waals surface area contributed by atoms with Crippen LogP contribution in [0.4, 0.5) is 0 Å². The number of hydrogen-bond acceptors (Lipinski definition) is 4. The van der Waals surface area contributed by atoms with Crippen molar-refractivity contribution in [2.75, 3.05) is 6.61 Å². The molecule has 3 rings (SSSR count). The van der Waals surface area contributed by atoms with E-state index in [-0.39, 0.29) is 5.60 Å². The predicted molar refractivity (Wildman–Crippen MR) is 78.4 cm³/mol. The fourth-order valence-electron chi connectivity index (χ4n) is 3.12. The summed E-state index contributed by atoms with van der Waals surface area (Å²) in [6.07, 6.45) is 7.15. The fourth-order valence-corrected chi connectivity index (χ4v) is 3.12. The van der Waals surface area contributed by atoms with E-state index in [1.165, 1.54) is 25.7 Å². The van der Waals surface area contributed by atoms with Gasteiger partial charge in [0.15, 0.2) is 5.82 Å². The number of nitrogens with one attached hydrogen (secondary N) is 1. The summed E-state index contributed by atoms with van der Waals surface area (Å²) in [5.41, 5.74) is 1.92. The zero-order chi connectivity index (χ0) is 14.0. The first-order valence-electron chi connectivity index (χ1n) is 7.94. The van der Waals surface area contributed by atoms with Crippen molar-refractivity contribution in [2.24, 2.45) is 0 Å². The Morgan fingerprint density at radius 2 is 2.05 bits per heavy atom. The fraction of sp³-hybridized carbons (Fsp3) is 0.750. The summed E-state index contributed by atoms with van der Waals surface area (Å²) in [6.45, 7) is 5.70. The van der Waals surface area contributed by atoms with Crippen LogP contribution in [-0.2, 0) is 16.9 Å². The highest BCUT2D eigenvalue weighted by atomic mass is 16.5. The Labute approximate surface area is 121 Å². The van der Waals surface area contributed by atoms with Gasteiger partial charge >= 0.3 is 0 Å². The van der Waals surface area contributed by atoms with Crippen molar-refractivity contribution in [1.82, 2.24) is 15.3 Å². The molecule has 4 nitrogen and oxygen atoms in total. The highest BCUT2D eigenvalue weighted by molar-refractivity contribution is 5.15. The van der Waals surface area contributed by atoms with Crippen molar-refractivity contribution in [3.63, 3.8) is 0 Å². The average molecular weight is 275 g/mol. The van der Waals surface area contributed by atoms with Crippen LogP contribution in [0.25, 0.3) is 0 Å². The maximum atomic E-state index is 6.08. The molecule has 1 N–H and O–H groups in total. The molecular weight excluding hydrogens is 250 g/mol. The van der Waals surface area contributed by atoms with Crippen LogP contribution >= 0.6 is 0 Å². The first-order valence-corrected chi connectivity index (χ1v) is 7.94. The number of nitrogens with zero attached hydrogens (tertiary/aromatic N) is 2. The molecule has 0 atom stereocenters. The van der Waals surface area contributed by atoms with Gasteiger partial charge in [-0.15, -0.1) is 0 Å². The van der Waals surface area contributed by atoms with Crippen LogP contribution in [0.5, 0.6) is 0 Å². The van der Waals surface area contributed by atoms with Crippen LogP contribution < -0.4 is 5.32 Å².